The molecule has 1 aliphatic rings. The van der Waals surface area contributed by atoms with Gasteiger partial charge in [0.2, 0.25) is 5.89 Å². The maximum Gasteiger partial charge on any atom is 0.228 e. The van der Waals surface area contributed by atoms with Crippen molar-refractivity contribution in [3.05, 3.63) is 253 Å². The summed E-state index contributed by atoms with van der Waals surface area (Å²) >= 11 is 0. The van der Waals surface area contributed by atoms with E-state index < -0.39 is 5.41 Å². The zero-order valence-corrected chi connectivity index (χ0v) is 34.7. The molecule has 2 heterocycles. The SMILES string of the molecule is c1ccc(-c2ccc(N(c3ccc4c(c3)C(c3ccccc3)(c3ccccc3)c3ccccc3-4)c3c4ccccc4cc4c3oc3cccc(-c5nc6ccccc6o5)c34)cc2)cc1. The van der Waals surface area contributed by atoms with E-state index in [0.29, 0.717) is 5.89 Å². The zero-order valence-electron chi connectivity index (χ0n) is 34.7. The molecule has 0 atom stereocenters. The zero-order chi connectivity index (χ0) is 42.2. The number of nitrogens with zero attached hydrogens (tertiary/aromatic N) is 2. The predicted octanol–water partition coefficient (Wildman–Crippen LogP) is 16.0. The van der Waals surface area contributed by atoms with Crippen molar-refractivity contribution in [2.75, 3.05) is 4.90 Å². The third-order valence-corrected chi connectivity index (χ3v) is 13.2. The molecule has 4 heteroatoms. The average Bonchev–Trinajstić information content (AvgIpc) is 4.06. The van der Waals surface area contributed by atoms with E-state index in [4.69, 9.17) is 13.8 Å². The number of rotatable bonds is 7. The minimum Gasteiger partial charge on any atom is -0.454 e. The standard InChI is InChI=1S/C60H38N2O2/c1-4-17-39(18-5-1)40-31-33-44(34-32-40)62(45-35-36-48-47-25-12-13-27-51(47)60(52(48)38-45,42-20-6-2-7-21-42)43-22-8-3-9-23-43)57-46-24-11-10-19-41(46)37-50-56-49(26-16-30-55(56)63-58(50)57)59-61-53-28-14-15-29-54(53)64-59/h1-38H. The molecule has 10 aromatic carbocycles. The monoisotopic (exact) mass is 818 g/mol. The van der Waals surface area contributed by atoms with Crippen LogP contribution in [0.1, 0.15) is 22.3 Å². The lowest BCUT2D eigenvalue weighted by Gasteiger charge is -2.35. The molecule has 12 aromatic rings. The summed E-state index contributed by atoms with van der Waals surface area (Å²) in [6.07, 6.45) is 0. The first-order chi connectivity index (χ1) is 31.7. The van der Waals surface area contributed by atoms with Crippen LogP contribution < -0.4 is 4.90 Å². The first-order valence-electron chi connectivity index (χ1n) is 21.8. The van der Waals surface area contributed by atoms with Gasteiger partial charge in [0.15, 0.2) is 11.2 Å². The number of benzene rings is 10. The summed E-state index contributed by atoms with van der Waals surface area (Å²) in [5.74, 6) is 0.564. The van der Waals surface area contributed by atoms with Gasteiger partial charge in [-0.2, -0.15) is 0 Å². The third-order valence-electron chi connectivity index (χ3n) is 13.2. The van der Waals surface area contributed by atoms with Gasteiger partial charge in [0.25, 0.3) is 0 Å². The van der Waals surface area contributed by atoms with Crippen LogP contribution >= 0.6 is 0 Å². The van der Waals surface area contributed by atoms with E-state index in [9.17, 15) is 0 Å². The fourth-order valence-corrected chi connectivity index (χ4v) is 10.4. The molecule has 0 saturated carbocycles. The smallest absolute Gasteiger partial charge is 0.228 e. The highest BCUT2D eigenvalue weighted by atomic mass is 16.3. The summed E-state index contributed by atoms with van der Waals surface area (Å²) in [4.78, 5) is 7.37. The van der Waals surface area contributed by atoms with Crippen LogP contribution in [-0.2, 0) is 5.41 Å². The summed E-state index contributed by atoms with van der Waals surface area (Å²) in [6.45, 7) is 0. The van der Waals surface area contributed by atoms with Crippen LogP contribution in [0.25, 0.3) is 77.5 Å². The molecule has 300 valence electrons. The number of aromatic nitrogens is 1. The van der Waals surface area contributed by atoms with Gasteiger partial charge in [-0.05, 0) is 104 Å². The second kappa shape index (κ2) is 14.3. The Hall–Kier alpha value is -8.47. The second-order valence-electron chi connectivity index (χ2n) is 16.6. The van der Waals surface area contributed by atoms with Crippen LogP contribution in [0.2, 0.25) is 0 Å². The van der Waals surface area contributed by atoms with E-state index in [0.717, 1.165) is 72.0 Å². The van der Waals surface area contributed by atoms with Crippen molar-refractivity contribution >= 4 is 60.9 Å². The molecule has 64 heavy (non-hydrogen) atoms. The van der Waals surface area contributed by atoms with Gasteiger partial charge in [0, 0.05) is 33.1 Å². The highest BCUT2D eigenvalue weighted by molar-refractivity contribution is 6.22. The third kappa shape index (κ3) is 5.39. The van der Waals surface area contributed by atoms with Crippen molar-refractivity contribution in [1.29, 1.82) is 0 Å². The lowest BCUT2D eigenvalue weighted by molar-refractivity contribution is 0.620. The van der Waals surface area contributed by atoms with E-state index in [-0.39, 0.29) is 0 Å². The van der Waals surface area contributed by atoms with Gasteiger partial charge in [-0.3, -0.25) is 0 Å². The Morgan fingerprint density at radius 2 is 1.02 bits per heavy atom. The molecule has 0 fully saturated rings. The molecule has 2 aromatic heterocycles. The van der Waals surface area contributed by atoms with Gasteiger partial charge in [-0.1, -0.05) is 176 Å². The minimum absolute atomic E-state index is 0.564. The lowest BCUT2D eigenvalue weighted by Crippen LogP contribution is -2.28. The molecule has 0 saturated heterocycles. The van der Waals surface area contributed by atoms with Crippen molar-refractivity contribution in [3.8, 4) is 33.7 Å². The molecule has 0 bridgehead atoms. The van der Waals surface area contributed by atoms with Crippen molar-refractivity contribution in [2.45, 2.75) is 5.41 Å². The van der Waals surface area contributed by atoms with Crippen molar-refractivity contribution in [3.63, 3.8) is 0 Å². The first kappa shape index (κ1) is 36.2. The summed E-state index contributed by atoms with van der Waals surface area (Å²) in [7, 11) is 0. The number of para-hydroxylation sites is 2. The Morgan fingerprint density at radius 1 is 0.406 bits per heavy atom. The van der Waals surface area contributed by atoms with Crippen LogP contribution in [0.3, 0.4) is 0 Å². The molecule has 1 aliphatic carbocycles. The normalized spacial score (nSPS) is 12.8. The highest BCUT2D eigenvalue weighted by Gasteiger charge is 2.46. The fourth-order valence-electron chi connectivity index (χ4n) is 10.4. The Balaban J connectivity index is 1.12. The van der Waals surface area contributed by atoms with Crippen LogP contribution in [0.5, 0.6) is 0 Å². The van der Waals surface area contributed by atoms with E-state index in [2.05, 4.69) is 205 Å². The van der Waals surface area contributed by atoms with E-state index >= 15 is 0 Å². The molecular formula is C60H38N2O2. The quantitative estimate of drug-likeness (QED) is 0.161. The number of oxazole rings is 1. The molecule has 0 unspecified atom stereocenters. The summed E-state index contributed by atoms with van der Waals surface area (Å²) in [6, 6.07) is 82.4. The Kier molecular flexibility index (Phi) is 8.09. The summed E-state index contributed by atoms with van der Waals surface area (Å²) in [5.41, 5.74) is 16.2. The van der Waals surface area contributed by atoms with E-state index in [1.165, 1.54) is 38.9 Å². The van der Waals surface area contributed by atoms with E-state index in [1.807, 2.05) is 30.3 Å². The van der Waals surface area contributed by atoms with Gasteiger partial charge in [0.05, 0.1) is 11.1 Å². The first-order valence-corrected chi connectivity index (χ1v) is 21.8. The van der Waals surface area contributed by atoms with Gasteiger partial charge in [0.1, 0.15) is 11.1 Å². The molecular weight excluding hydrogens is 781 g/mol. The lowest BCUT2D eigenvalue weighted by atomic mass is 9.67. The highest BCUT2D eigenvalue weighted by Crippen LogP contribution is 2.58. The topological polar surface area (TPSA) is 42.4 Å². The maximum absolute atomic E-state index is 7.16. The van der Waals surface area contributed by atoms with Gasteiger partial charge in [-0.25, -0.2) is 4.98 Å². The largest absolute Gasteiger partial charge is 0.454 e. The predicted molar refractivity (Wildman–Crippen MR) is 262 cm³/mol. The average molecular weight is 819 g/mol. The fraction of sp³-hybridized carbons (Fsp3) is 0.0167. The van der Waals surface area contributed by atoms with Gasteiger partial charge >= 0.3 is 0 Å². The Morgan fingerprint density at radius 3 is 1.80 bits per heavy atom. The maximum atomic E-state index is 7.16. The Labute approximate surface area is 369 Å². The summed E-state index contributed by atoms with van der Waals surface area (Å²) < 4.78 is 13.6. The molecule has 0 amide bonds. The number of anilines is 3. The van der Waals surface area contributed by atoms with Crippen LogP contribution in [-0.4, -0.2) is 4.98 Å². The Bertz CT molecular complexity index is 3650. The minimum atomic E-state index is -0.574. The van der Waals surface area contributed by atoms with Crippen molar-refractivity contribution < 1.29 is 8.83 Å². The number of hydrogen-bond acceptors (Lipinski definition) is 4. The van der Waals surface area contributed by atoms with E-state index in [1.54, 1.807) is 0 Å². The van der Waals surface area contributed by atoms with Crippen LogP contribution in [0, 0.1) is 0 Å². The molecule has 4 nitrogen and oxygen atoms in total. The van der Waals surface area contributed by atoms with Crippen molar-refractivity contribution in [2.24, 2.45) is 0 Å². The van der Waals surface area contributed by atoms with Gasteiger partial charge < -0.3 is 13.7 Å². The summed E-state index contributed by atoms with van der Waals surface area (Å²) in [5, 5.41) is 4.13. The van der Waals surface area contributed by atoms with Crippen LogP contribution in [0.15, 0.2) is 239 Å². The van der Waals surface area contributed by atoms with Crippen LogP contribution in [0.4, 0.5) is 17.1 Å². The molecule has 13 rings (SSSR count). The molecule has 0 radical (unpaired) electrons. The molecule has 0 N–H and O–H groups in total. The number of fused-ring (bicyclic) bond motifs is 8. The molecule has 0 aliphatic heterocycles. The van der Waals surface area contributed by atoms with Crippen molar-refractivity contribution in [1.82, 2.24) is 4.98 Å². The second-order valence-corrected chi connectivity index (χ2v) is 16.6. The number of furan rings is 1. The number of hydrogen-bond donors (Lipinski definition) is 0. The molecule has 0 spiro atoms. The van der Waals surface area contributed by atoms with Gasteiger partial charge in [-0.15, -0.1) is 0 Å².